The summed E-state index contributed by atoms with van der Waals surface area (Å²) in [6, 6.07) is 8.37. The molecule has 0 saturated carbocycles. The Morgan fingerprint density at radius 3 is 2.00 bits per heavy atom. The lowest BCUT2D eigenvalue weighted by atomic mass is 10.2. The van der Waals surface area contributed by atoms with Gasteiger partial charge in [-0.25, -0.2) is 0 Å². The number of hydrogen-bond acceptors (Lipinski definition) is 6. The molecule has 10 heteroatoms. The average Bonchev–Trinajstić information content (AvgIpc) is 2.54. The van der Waals surface area contributed by atoms with Crippen LogP contribution in [0.4, 0.5) is 17.1 Å². The number of nitrogens with one attached hydrogen (secondary N) is 1. The van der Waals surface area contributed by atoms with Gasteiger partial charge in [-0.1, -0.05) is 15.9 Å². The maximum Gasteiger partial charge on any atom is 0.320 e. The third-order valence-corrected chi connectivity index (χ3v) is 3.54. The first-order valence-corrected chi connectivity index (χ1v) is 7.20. The van der Waals surface area contributed by atoms with Crippen LogP contribution in [0.25, 0.3) is 0 Å². The molecule has 1 N–H and O–H groups in total. The molecule has 2 aromatic carbocycles. The van der Waals surface area contributed by atoms with Crippen LogP contribution in [-0.4, -0.2) is 22.9 Å². The second-order valence-electron chi connectivity index (χ2n) is 4.52. The number of carbonyl (C=O) groups excluding carboxylic acids is 1. The second kappa shape index (κ2) is 7.04. The summed E-state index contributed by atoms with van der Waals surface area (Å²) in [5, 5.41) is 24.6. The van der Waals surface area contributed by atoms with Crippen LogP contribution in [0, 0.1) is 20.2 Å². The topological polar surface area (TPSA) is 125 Å². The highest BCUT2D eigenvalue weighted by molar-refractivity contribution is 9.10. The zero-order valence-electron chi connectivity index (χ0n) is 12.2. The van der Waals surface area contributed by atoms with Crippen molar-refractivity contribution < 1.29 is 19.4 Å². The Morgan fingerprint density at radius 1 is 1.08 bits per heavy atom. The average molecular weight is 396 g/mol. The molecular formula is C14H10BrN3O6. The first-order valence-electron chi connectivity index (χ1n) is 6.41. The van der Waals surface area contributed by atoms with Gasteiger partial charge in [0.25, 0.3) is 11.7 Å². The van der Waals surface area contributed by atoms with Crippen molar-refractivity contribution in [2.24, 2.45) is 0 Å². The molecule has 0 unspecified atom stereocenters. The summed E-state index contributed by atoms with van der Waals surface area (Å²) in [6.07, 6.45) is 0. The Hall–Kier alpha value is -3.01. The van der Waals surface area contributed by atoms with Crippen molar-refractivity contribution in [2.75, 3.05) is 12.4 Å². The molecule has 0 heterocycles. The van der Waals surface area contributed by atoms with E-state index in [1.807, 2.05) is 0 Å². The third-order valence-electron chi connectivity index (χ3n) is 3.01. The predicted molar refractivity (Wildman–Crippen MR) is 88.4 cm³/mol. The number of carbonyl (C=O) groups is 1. The van der Waals surface area contributed by atoms with E-state index in [0.717, 1.165) is 23.7 Å². The molecular weight excluding hydrogens is 386 g/mol. The Morgan fingerprint density at radius 2 is 1.58 bits per heavy atom. The number of anilines is 1. The molecule has 0 bridgehead atoms. The zero-order valence-corrected chi connectivity index (χ0v) is 13.8. The number of nitro groups is 2. The van der Waals surface area contributed by atoms with Gasteiger partial charge in [0.2, 0.25) is 0 Å². The molecule has 0 spiro atoms. The lowest BCUT2D eigenvalue weighted by Gasteiger charge is -2.08. The molecule has 0 aliphatic heterocycles. The number of benzene rings is 2. The van der Waals surface area contributed by atoms with E-state index in [2.05, 4.69) is 21.2 Å². The zero-order chi connectivity index (χ0) is 17.9. The van der Waals surface area contributed by atoms with Crippen molar-refractivity contribution in [1.82, 2.24) is 0 Å². The fourth-order valence-electron chi connectivity index (χ4n) is 1.96. The van der Waals surface area contributed by atoms with E-state index in [9.17, 15) is 25.0 Å². The molecule has 2 aromatic rings. The Bertz CT molecular complexity index is 787. The summed E-state index contributed by atoms with van der Waals surface area (Å²) in [4.78, 5) is 32.7. The Kier molecular flexibility index (Phi) is 5.09. The summed E-state index contributed by atoms with van der Waals surface area (Å²) < 4.78 is 5.53. The molecule has 1 amide bonds. The van der Waals surface area contributed by atoms with Crippen molar-refractivity contribution in [3.8, 4) is 5.75 Å². The number of amides is 1. The molecule has 2 rings (SSSR count). The van der Waals surface area contributed by atoms with E-state index < -0.39 is 32.9 Å². The molecule has 0 aliphatic rings. The van der Waals surface area contributed by atoms with Crippen molar-refractivity contribution in [3.63, 3.8) is 0 Å². The molecule has 0 fully saturated rings. The fourth-order valence-corrected chi connectivity index (χ4v) is 2.22. The summed E-state index contributed by atoms with van der Waals surface area (Å²) in [5.41, 5.74) is -1.02. The van der Waals surface area contributed by atoms with Crippen LogP contribution in [0.1, 0.15) is 10.4 Å². The van der Waals surface area contributed by atoms with Gasteiger partial charge in [0.15, 0.2) is 0 Å². The van der Waals surface area contributed by atoms with Crippen LogP contribution in [0.5, 0.6) is 5.75 Å². The largest absolute Gasteiger partial charge is 0.485 e. The summed E-state index contributed by atoms with van der Waals surface area (Å²) in [5.74, 6) is -1.04. The van der Waals surface area contributed by atoms with Crippen molar-refractivity contribution >= 4 is 38.9 Å². The first kappa shape index (κ1) is 17.3. The van der Waals surface area contributed by atoms with Crippen molar-refractivity contribution in [1.29, 1.82) is 0 Å². The molecule has 9 nitrogen and oxygen atoms in total. The maximum atomic E-state index is 12.1. The molecule has 0 radical (unpaired) electrons. The van der Waals surface area contributed by atoms with E-state index in [1.54, 1.807) is 12.1 Å². The van der Waals surface area contributed by atoms with Crippen LogP contribution in [0.2, 0.25) is 0 Å². The monoisotopic (exact) mass is 395 g/mol. The number of methoxy groups -OCH3 is 1. The number of rotatable bonds is 5. The van der Waals surface area contributed by atoms with Crippen molar-refractivity contribution in [2.45, 2.75) is 0 Å². The third kappa shape index (κ3) is 3.66. The first-order chi connectivity index (χ1) is 11.3. The van der Waals surface area contributed by atoms with E-state index in [0.29, 0.717) is 5.56 Å². The van der Waals surface area contributed by atoms with Gasteiger partial charge in [0.05, 0.1) is 22.6 Å². The van der Waals surface area contributed by atoms with Crippen LogP contribution >= 0.6 is 15.9 Å². The quantitative estimate of drug-likeness (QED) is 0.609. The second-order valence-corrected chi connectivity index (χ2v) is 5.44. The lowest BCUT2D eigenvalue weighted by Crippen LogP contribution is -2.12. The van der Waals surface area contributed by atoms with Crippen LogP contribution in [0.15, 0.2) is 40.9 Å². The standard InChI is InChI=1S/C14H10BrN3O6/c1-24-13-11(17(20)21)6-10(7-12(13)18(22)23)16-14(19)8-2-4-9(15)5-3-8/h2-7H,1H3,(H,16,19). The van der Waals surface area contributed by atoms with Gasteiger partial charge in [0.1, 0.15) is 0 Å². The number of halogens is 1. The van der Waals surface area contributed by atoms with Gasteiger partial charge in [-0.05, 0) is 24.3 Å². The molecule has 0 aromatic heterocycles. The Labute approximate surface area is 143 Å². The van der Waals surface area contributed by atoms with Gasteiger partial charge in [-0.15, -0.1) is 0 Å². The summed E-state index contributed by atoms with van der Waals surface area (Å²) in [7, 11) is 1.09. The molecule has 0 saturated heterocycles. The molecule has 0 atom stereocenters. The van der Waals surface area contributed by atoms with E-state index in [-0.39, 0.29) is 5.69 Å². The van der Waals surface area contributed by atoms with Gasteiger partial charge in [-0.2, -0.15) is 0 Å². The predicted octanol–water partition coefficient (Wildman–Crippen LogP) is 3.53. The van der Waals surface area contributed by atoms with Crippen molar-refractivity contribution in [3.05, 3.63) is 66.7 Å². The van der Waals surface area contributed by atoms with Gasteiger partial charge in [-0.3, -0.25) is 25.0 Å². The van der Waals surface area contributed by atoms with E-state index in [1.165, 1.54) is 12.1 Å². The smallest absolute Gasteiger partial charge is 0.320 e. The number of hydrogen-bond donors (Lipinski definition) is 1. The summed E-state index contributed by atoms with van der Waals surface area (Å²) >= 11 is 3.23. The highest BCUT2D eigenvalue weighted by Crippen LogP contribution is 2.39. The molecule has 124 valence electrons. The lowest BCUT2D eigenvalue weighted by molar-refractivity contribution is -0.395. The maximum absolute atomic E-state index is 12.1. The minimum absolute atomic E-state index is 0.0814. The number of nitrogens with zero attached hydrogens (tertiary/aromatic N) is 2. The van der Waals surface area contributed by atoms with Crippen LogP contribution in [0.3, 0.4) is 0 Å². The normalized spacial score (nSPS) is 10.1. The molecule has 0 aliphatic carbocycles. The van der Waals surface area contributed by atoms with Gasteiger partial charge in [0, 0.05) is 22.2 Å². The Balaban J connectivity index is 2.43. The summed E-state index contributed by atoms with van der Waals surface area (Å²) in [6.45, 7) is 0. The highest BCUT2D eigenvalue weighted by atomic mass is 79.9. The van der Waals surface area contributed by atoms with Crippen LogP contribution < -0.4 is 10.1 Å². The number of ether oxygens (including phenoxy) is 1. The number of nitro benzene ring substituents is 2. The van der Waals surface area contributed by atoms with Gasteiger partial charge >= 0.3 is 11.4 Å². The SMILES string of the molecule is COc1c([N+](=O)[O-])cc(NC(=O)c2ccc(Br)cc2)cc1[N+](=O)[O-]. The van der Waals surface area contributed by atoms with E-state index in [4.69, 9.17) is 4.74 Å². The van der Waals surface area contributed by atoms with E-state index >= 15 is 0 Å². The highest BCUT2D eigenvalue weighted by Gasteiger charge is 2.28. The fraction of sp³-hybridized carbons (Fsp3) is 0.0714. The van der Waals surface area contributed by atoms with Crippen LogP contribution in [-0.2, 0) is 0 Å². The molecule has 24 heavy (non-hydrogen) atoms. The minimum Gasteiger partial charge on any atom is -0.485 e. The van der Waals surface area contributed by atoms with Gasteiger partial charge < -0.3 is 10.1 Å². The minimum atomic E-state index is -0.818.